The average Bonchev–Trinajstić information content (AvgIpc) is 2.05. The van der Waals surface area contributed by atoms with Gasteiger partial charge in [0.2, 0.25) is 0 Å². The molecule has 1 fully saturated rings. The van der Waals surface area contributed by atoms with Crippen LogP contribution in [0.2, 0.25) is 6.32 Å². The Morgan fingerprint density at radius 2 is 2.00 bits per heavy atom. The van der Waals surface area contributed by atoms with Crippen LogP contribution >= 0.6 is 15.9 Å². The maximum atomic E-state index is 5.60. The molecule has 0 aromatic carbocycles. The van der Waals surface area contributed by atoms with Crippen LogP contribution in [0.4, 0.5) is 0 Å². The molecule has 0 saturated heterocycles. The fraction of sp³-hybridized carbons (Fsp3) is 1.00. The SMILES string of the molecule is [B]CC1CCCC(CBr)C1. The van der Waals surface area contributed by atoms with Crippen molar-refractivity contribution in [1.82, 2.24) is 0 Å². The van der Waals surface area contributed by atoms with Crippen molar-refractivity contribution in [3.63, 3.8) is 0 Å². The zero-order valence-corrected chi connectivity index (χ0v) is 7.94. The molecular weight excluding hydrogens is 187 g/mol. The predicted molar refractivity (Wildman–Crippen MR) is 49.8 cm³/mol. The van der Waals surface area contributed by atoms with E-state index in [2.05, 4.69) is 15.9 Å². The number of halogens is 1. The topological polar surface area (TPSA) is 0 Å². The molecule has 2 radical (unpaired) electrons. The first-order valence-electron chi connectivity index (χ1n) is 4.12. The minimum absolute atomic E-state index is 0.816. The van der Waals surface area contributed by atoms with Gasteiger partial charge in [-0.05, 0) is 24.7 Å². The zero-order chi connectivity index (χ0) is 7.40. The van der Waals surface area contributed by atoms with Gasteiger partial charge in [-0.1, -0.05) is 35.1 Å². The third-order valence-electron chi connectivity index (χ3n) is 2.44. The zero-order valence-electron chi connectivity index (χ0n) is 6.35. The van der Waals surface area contributed by atoms with Crippen LogP contribution in [-0.4, -0.2) is 13.2 Å². The quantitative estimate of drug-likeness (QED) is 0.475. The Morgan fingerprint density at radius 3 is 2.60 bits per heavy atom. The van der Waals surface area contributed by atoms with Gasteiger partial charge in [0, 0.05) is 5.33 Å². The molecule has 1 saturated carbocycles. The maximum absolute atomic E-state index is 5.60. The van der Waals surface area contributed by atoms with E-state index in [1.165, 1.54) is 31.0 Å². The normalized spacial score (nSPS) is 34.1. The Morgan fingerprint density at radius 1 is 1.30 bits per heavy atom. The number of hydrogen-bond acceptors (Lipinski definition) is 0. The lowest BCUT2D eigenvalue weighted by molar-refractivity contribution is 0.306. The van der Waals surface area contributed by atoms with Crippen LogP contribution in [0.25, 0.3) is 0 Å². The van der Waals surface area contributed by atoms with Gasteiger partial charge >= 0.3 is 0 Å². The molecule has 0 nitrogen and oxygen atoms in total. The molecule has 10 heavy (non-hydrogen) atoms. The van der Waals surface area contributed by atoms with E-state index in [0.717, 1.165) is 18.2 Å². The van der Waals surface area contributed by atoms with Gasteiger partial charge in [-0.2, -0.15) is 0 Å². The van der Waals surface area contributed by atoms with Crippen molar-refractivity contribution >= 4 is 23.8 Å². The van der Waals surface area contributed by atoms with Gasteiger partial charge in [-0.3, -0.25) is 0 Å². The fourth-order valence-electron chi connectivity index (χ4n) is 1.76. The Hall–Kier alpha value is 0.545. The van der Waals surface area contributed by atoms with Gasteiger partial charge in [-0.25, -0.2) is 0 Å². The number of alkyl halides is 1. The minimum atomic E-state index is 0.816. The van der Waals surface area contributed by atoms with Crippen LogP contribution in [0.3, 0.4) is 0 Å². The summed E-state index contributed by atoms with van der Waals surface area (Å²) in [5.41, 5.74) is 0. The first-order chi connectivity index (χ1) is 4.86. The van der Waals surface area contributed by atoms with Crippen molar-refractivity contribution in [2.45, 2.75) is 32.0 Å². The van der Waals surface area contributed by atoms with E-state index in [0.29, 0.717) is 0 Å². The van der Waals surface area contributed by atoms with Crippen molar-refractivity contribution in [2.24, 2.45) is 11.8 Å². The molecule has 56 valence electrons. The Bertz CT molecular complexity index is 85.3. The molecule has 1 rings (SSSR count). The monoisotopic (exact) mass is 200 g/mol. The van der Waals surface area contributed by atoms with Crippen molar-refractivity contribution in [3.8, 4) is 0 Å². The van der Waals surface area contributed by atoms with Crippen molar-refractivity contribution in [2.75, 3.05) is 5.33 Å². The Labute approximate surface area is 73.3 Å². The summed E-state index contributed by atoms with van der Waals surface area (Å²) in [5, 5.41) is 1.17. The van der Waals surface area contributed by atoms with Crippen molar-refractivity contribution in [1.29, 1.82) is 0 Å². The predicted octanol–water partition coefficient (Wildman–Crippen LogP) is 2.77. The maximum Gasteiger partial charge on any atom is 0.0656 e. The van der Waals surface area contributed by atoms with Gasteiger partial charge in [0.25, 0.3) is 0 Å². The number of hydrogen-bond donors (Lipinski definition) is 0. The summed E-state index contributed by atoms with van der Waals surface area (Å²) in [5.74, 6) is 1.72. The molecule has 0 bridgehead atoms. The Balaban J connectivity index is 2.25. The highest BCUT2D eigenvalue weighted by atomic mass is 79.9. The summed E-state index contributed by atoms with van der Waals surface area (Å²) in [7, 11) is 5.60. The van der Waals surface area contributed by atoms with Crippen molar-refractivity contribution in [3.05, 3.63) is 0 Å². The van der Waals surface area contributed by atoms with Gasteiger partial charge in [0.15, 0.2) is 0 Å². The third-order valence-corrected chi connectivity index (χ3v) is 3.36. The van der Waals surface area contributed by atoms with Crippen LogP contribution in [0.5, 0.6) is 0 Å². The average molecular weight is 201 g/mol. The largest absolute Gasteiger partial charge is 0.0925 e. The summed E-state index contributed by atoms with van der Waals surface area (Å²) in [6.07, 6.45) is 6.39. The lowest BCUT2D eigenvalue weighted by Gasteiger charge is -2.26. The molecular formula is C8H14BBr. The summed E-state index contributed by atoms with van der Waals surface area (Å²) < 4.78 is 0. The lowest BCUT2D eigenvalue weighted by Crippen LogP contribution is -2.15. The molecule has 0 aliphatic heterocycles. The molecule has 0 spiro atoms. The van der Waals surface area contributed by atoms with Gasteiger partial charge in [0.1, 0.15) is 0 Å². The first kappa shape index (κ1) is 8.64. The second kappa shape index (κ2) is 4.43. The van der Waals surface area contributed by atoms with E-state index < -0.39 is 0 Å². The van der Waals surface area contributed by atoms with Crippen molar-refractivity contribution < 1.29 is 0 Å². The minimum Gasteiger partial charge on any atom is -0.0925 e. The van der Waals surface area contributed by atoms with Crippen LogP contribution in [0.15, 0.2) is 0 Å². The van der Waals surface area contributed by atoms with E-state index in [4.69, 9.17) is 7.85 Å². The first-order valence-corrected chi connectivity index (χ1v) is 5.25. The van der Waals surface area contributed by atoms with E-state index >= 15 is 0 Å². The molecule has 0 N–H and O–H groups in total. The van der Waals surface area contributed by atoms with E-state index in [-0.39, 0.29) is 0 Å². The van der Waals surface area contributed by atoms with Crippen LogP contribution in [-0.2, 0) is 0 Å². The standard InChI is InChI=1S/C8H14BBr/c9-5-7-2-1-3-8(4-7)6-10/h7-8H,1-6H2. The number of rotatable bonds is 2. The van der Waals surface area contributed by atoms with E-state index in [9.17, 15) is 0 Å². The highest BCUT2D eigenvalue weighted by Crippen LogP contribution is 2.31. The summed E-state index contributed by atoms with van der Waals surface area (Å²) in [6, 6.07) is 0. The van der Waals surface area contributed by atoms with Gasteiger partial charge in [-0.15, -0.1) is 0 Å². The van der Waals surface area contributed by atoms with Crippen LogP contribution < -0.4 is 0 Å². The third kappa shape index (κ3) is 2.30. The molecule has 0 aromatic rings. The highest BCUT2D eigenvalue weighted by molar-refractivity contribution is 9.09. The fourth-order valence-corrected chi connectivity index (χ4v) is 2.34. The second-order valence-corrected chi connectivity index (χ2v) is 3.94. The van der Waals surface area contributed by atoms with Gasteiger partial charge in [0.05, 0.1) is 7.85 Å². The Kier molecular flexibility index (Phi) is 3.83. The van der Waals surface area contributed by atoms with Gasteiger partial charge < -0.3 is 0 Å². The van der Waals surface area contributed by atoms with Crippen LogP contribution in [0.1, 0.15) is 25.7 Å². The highest BCUT2D eigenvalue weighted by Gasteiger charge is 2.18. The summed E-state index contributed by atoms with van der Waals surface area (Å²) in [6.45, 7) is 0. The summed E-state index contributed by atoms with van der Waals surface area (Å²) in [4.78, 5) is 0. The van der Waals surface area contributed by atoms with E-state index in [1.807, 2.05) is 0 Å². The molecule has 2 heteroatoms. The second-order valence-electron chi connectivity index (χ2n) is 3.29. The summed E-state index contributed by atoms with van der Waals surface area (Å²) >= 11 is 3.53. The molecule has 2 atom stereocenters. The lowest BCUT2D eigenvalue weighted by atomic mass is 9.76. The molecule has 2 unspecified atom stereocenters. The molecule has 0 aromatic heterocycles. The molecule has 0 heterocycles. The van der Waals surface area contributed by atoms with Crippen LogP contribution in [0, 0.1) is 11.8 Å². The smallest absolute Gasteiger partial charge is 0.0656 e. The molecule has 1 aliphatic carbocycles. The molecule has 0 amide bonds. The molecule has 1 aliphatic rings. The van der Waals surface area contributed by atoms with E-state index in [1.54, 1.807) is 0 Å².